The van der Waals surface area contributed by atoms with Crippen molar-refractivity contribution in [3.05, 3.63) is 23.9 Å². The zero-order valence-electron chi connectivity index (χ0n) is 11.4. The number of nitrogens with zero attached hydrogens (tertiary/aromatic N) is 2. The molecular formula is C13H22N4O. The average Bonchev–Trinajstić information content (AvgIpc) is 2.41. The zero-order valence-corrected chi connectivity index (χ0v) is 11.4. The van der Waals surface area contributed by atoms with Crippen molar-refractivity contribution in [1.82, 2.24) is 15.6 Å². The van der Waals surface area contributed by atoms with Gasteiger partial charge in [-0.1, -0.05) is 19.4 Å². The Bertz CT molecular complexity index is 379. The molecule has 0 unspecified atom stereocenters. The first-order valence-electron chi connectivity index (χ1n) is 6.26. The minimum absolute atomic E-state index is 0.642. The van der Waals surface area contributed by atoms with Crippen LogP contribution in [0.1, 0.15) is 25.3 Å². The fraction of sp³-hybridized carbons (Fsp3) is 0.538. The molecule has 5 nitrogen and oxygen atoms in total. The molecule has 1 heterocycles. The summed E-state index contributed by atoms with van der Waals surface area (Å²) in [5.74, 6) is 1.45. The number of rotatable bonds is 6. The number of nitrogens with one attached hydrogen (secondary N) is 2. The molecule has 0 atom stereocenters. The van der Waals surface area contributed by atoms with E-state index in [0.29, 0.717) is 19.0 Å². The molecule has 0 aliphatic heterocycles. The number of guanidine groups is 1. The van der Waals surface area contributed by atoms with Gasteiger partial charge in [-0.05, 0) is 12.5 Å². The van der Waals surface area contributed by atoms with Gasteiger partial charge in [-0.3, -0.25) is 4.99 Å². The van der Waals surface area contributed by atoms with Gasteiger partial charge in [-0.2, -0.15) is 0 Å². The van der Waals surface area contributed by atoms with Crippen molar-refractivity contribution in [2.45, 2.75) is 26.3 Å². The summed E-state index contributed by atoms with van der Waals surface area (Å²) in [4.78, 5) is 8.32. The Kier molecular flexibility index (Phi) is 6.61. The molecule has 0 aliphatic carbocycles. The van der Waals surface area contributed by atoms with Gasteiger partial charge in [0.15, 0.2) is 5.96 Å². The number of hydrogen-bond donors (Lipinski definition) is 2. The normalized spacial score (nSPS) is 11.2. The summed E-state index contributed by atoms with van der Waals surface area (Å²) in [6.45, 7) is 3.49. The van der Waals surface area contributed by atoms with Gasteiger partial charge in [0.25, 0.3) is 0 Å². The third-order valence-corrected chi connectivity index (χ3v) is 2.49. The number of aliphatic imine (C=N–C) groups is 1. The Labute approximate surface area is 109 Å². The molecule has 0 fully saturated rings. The molecule has 0 aliphatic rings. The number of hydrogen-bond acceptors (Lipinski definition) is 3. The van der Waals surface area contributed by atoms with Gasteiger partial charge in [0.05, 0.1) is 6.61 Å². The van der Waals surface area contributed by atoms with Crippen LogP contribution in [0.2, 0.25) is 0 Å². The van der Waals surface area contributed by atoms with Gasteiger partial charge in [-0.25, -0.2) is 4.98 Å². The number of unbranched alkanes of at least 4 members (excludes halogenated alkanes) is 1. The van der Waals surface area contributed by atoms with Crippen LogP contribution in [-0.2, 0) is 6.54 Å². The highest BCUT2D eigenvalue weighted by atomic mass is 16.5. The summed E-state index contributed by atoms with van der Waals surface area (Å²) in [6, 6.07) is 3.91. The first kappa shape index (κ1) is 14.3. The largest absolute Gasteiger partial charge is 0.477 e. The van der Waals surface area contributed by atoms with E-state index in [1.807, 2.05) is 19.2 Å². The third kappa shape index (κ3) is 4.61. The van der Waals surface area contributed by atoms with Crippen LogP contribution in [-0.4, -0.2) is 31.6 Å². The predicted molar refractivity (Wildman–Crippen MR) is 73.9 cm³/mol. The van der Waals surface area contributed by atoms with E-state index in [9.17, 15) is 0 Å². The van der Waals surface area contributed by atoms with Gasteiger partial charge in [0.2, 0.25) is 5.88 Å². The van der Waals surface area contributed by atoms with Crippen LogP contribution in [0, 0.1) is 0 Å². The fourth-order valence-electron chi connectivity index (χ4n) is 1.46. The quantitative estimate of drug-likeness (QED) is 0.457. The van der Waals surface area contributed by atoms with Gasteiger partial charge in [-0.15, -0.1) is 0 Å². The molecular weight excluding hydrogens is 228 g/mol. The zero-order chi connectivity index (χ0) is 13.2. The molecule has 0 saturated heterocycles. The van der Waals surface area contributed by atoms with E-state index >= 15 is 0 Å². The molecule has 18 heavy (non-hydrogen) atoms. The van der Waals surface area contributed by atoms with E-state index in [1.54, 1.807) is 13.2 Å². The van der Waals surface area contributed by atoms with Crippen LogP contribution in [0.15, 0.2) is 23.3 Å². The van der Waals surface area contributed by atoms with E-state index in [1.165, 1.54) is 0 Å². The van der Waals surface area contributed by atoms with E-state index in [4.69, 9.17) is 4.74 Å². The van der Waals surface area contributed by atoms with Crippen molar-refractivity contribution >= 4 is 5.96 Å². The van der Waals surface area contributed by atoms with E-state index < -0.39 is 0 Å². The van der Waals surface area contributed by atoms with Crippen LogP contribution in [0.25, 0.3) is 0 Å². The van der Waals surface area contributed by atoms with Crippen LogP contribution in [0.4, 0.5) is 0 Å². The maximum atomic E-state index is 5.67. The third-order valence-electron chi connectivity index (χ3n) is 2.49. The van der Waals surface area contributed by atoms with E-state index in [0.717, 1.165) is 24.4 Å². The SMILES string of the molecule is CCCCOc1ncccc1CNC(=NC)NC. The van der Waals surface area contributed by atoms with Crippen LogP contribution in [0.5, 0.6) is 5.88 Å². The second-order valence-electron chi connectivity index (χ2n) is 3.85. The molecule has 2 N–H and O–H groups in total. The molecule has 0 saturated carbocycles. The van der Waals surface area contributed by atoms with Crippen molar-refractivity contribution in [2.24, 2.45) is 4.99 Å². The minimum Gasteiger partial charge on any atom is -0.477 e. The Balaban J connectivity index is 2.58. The monoisotopic (exact) mass is 250 g/mol. The molecule has 0 aromatic carbocycles. The lowest BCUT2D eigenvalue weighted by Gasteiger charge is -2.12. The maximum absolute atomic E-state index is 5.67. The summed E-state index contributed by atoms with van der Waals surface area (Å²) >= 11 is 0. The standard InChI is InChI=1S/C13H22N4O/c1-4-5-9-18-12-11(7-6-8-16-12)10-17-13(14-2)15-3/h6-8H,4-5,9-10H2,1-3H3,(H2,14,15,17). The van der Waals surface area contributed by atoms with Gasteiger partial charge in [0.1, 0.15) is 0 Å². The first-order valence-corrected chi connectivity index (χ1v) is 6.26. The second kappa shape index (κ2) is 8.33. The van der Waals surface area contributed by atoms with Crippen LogP contribution < -0.4 is 15.4 Å². The van der Waals surface area contributed by atoms with Crippen molar-refractivity contribution in [3.63, 3.8) is 0 Å². The van der Waals surface area contributed by atoms with Crippen molar-refractivity contribution < 1.29 is 4.74 Å². The van der Waals surface area contributed by atoms with E-state index in [2.05, 4.69) is 27.5 Å². The lowest BCUT2D eigenvalue weighted by Crippen LogP contribution is -2.34. The molecule has 0 amide bonds. The summed E-state index contributed by atoms with van der Waals surface area (Å²) < 4.78 is 5.67. The topological polar surface area (TPSA) is 58.5 Å². The molecule has 1 aromatic heterocycles. The van der Waals surface area contributed by atoms with Crippen LogP contribution >= 0.6 is 0 Å². The smallest absolute Gasteiger partial charge is 0.218 e. The van der Waals surface area contributed by atoms with Crippen molar-refractivity contribution in [1.29, 1.82) is 0 Å². The number of pyridine rings is 1. The highest BCUT2D eigenvalue weighted by molar-refractivity contribution is 5.79. The molecule has 0 bridgehead atoms. The molecule has 0 radical (unpaired) electrons. The van der Waals surface area contributed by atoms with Crippen molar-refractivity contribution in [3.8, 4) is 5.88 Å². The summed E-state index contributed by atoms with van der Waals surface area (Å²) in [6.07, 6.45) is 3.91. The highest BCUT2D eigenvalue weighted by Crippen LogP contribution is 2.14. The Morgan fingerprint density at radius 1 is 1.50 bits per heavy atom. The summed E-state index contributed by atoms with van der Waals surface area (Å²) in [5.41, 5.74) is 1.03. The molecule has 100 valence electrons. The Morgan fingerprint density at radius 2 is 2.33 bits per heavy atom. The molecule has 1 aromatic rings. The minimum atomic E-state index is 0.642. The Morgan fingerprint density at radius 3 is 3.00 bits per heavy atom. The lowest BCUT2D eigenvalue weighted by atomic mass is 10.2. The highest BCUT2D eigenvalue weighted by Gasteiger charge is 2.04. The number of ether oxygens (including phenoxy) is 1. The first-order chi connectivity index (χ1) is 8.81. The number of aromatic nitrogens is 1. The summed E-state index contributed by atoms with van der Waals surface area (Å²) in [5, 5.41) is 6.16. The maximum Gasteiger partial charge on any atom is 0.218 e. The van der Waals surface area contributed by atoms with Crippen LogP contribution in [0.3, 0.4) is 0 Å². The summed E-state index contributed by atoms with van der Waals surface area (Å²) in [7, 11) is 3.57. The van der Waals surface area contributed by atoms with Gasteiger partial charge in [0, 0.05) is 32.4 Å². The second-order valence-corrected chi connectivity index (χ2v) is 3.85. The fourth-order valence-corrected chi connectivity index (χ4v) is 1.46. The predicted octanol–water partition coefficient (Wildman–Crippen LogP) is 1.56. The van der Waals surface area contributed by atoms with Gasteiger partial charge < -0.3 is 15.4 Å². The average molecular weight is 250 g/mol. The van der Waals surface area contributed by atoms with Crippen molar-refractivity contribution in [2.75, 3.05) is 20.7 Å². The van der Waals surface area contributed by atoms with Gasteiger partial charge >= 0.3 is 0 Å². The molecule has 5 heteroatoms. The molecule has 1 rings (SSSR count). The Hall–Kier alpha value is -1.78. The molecule has 0 spiro atoms. The lowest BCUT2D eigenvalue weighted by molar-refractivity contribution is 0.294. The van der Waals surface area contributed by atoms with E-state index in [-0.39, 0.29) is 0 Å².